The molecule has 1 saturated heterocycles. The molecule has 2 rings (SSSR count). The molecule has 1 fully saturated rings. The van der Waals surface area contributed by atoms with Gasteiger partial charge in [0.2, 0.25) is 10.0 Å². The first kappa shape index (κ1) is 16.4. The molecular formula is C15H24N2O3S. The zero-order valence-electron chi connectivity index (χ0n) is 12.6. The fraction of sp³-hybridized carbons (Fsp3) is 0.600. The molecule has 0 amide bonds. The second kappa shape index (κ2) is 6.87. The summed E-state index contributed by atoms with van der Waals surface area (Å²) in [5, 5.41) is 0. The second-order valence-corrected chi connectivity index (χ2v) is 7.21. The molecule has 0 bridgehead atoms. The van der Waals surface area contributed by atoms with Gasteiger partial charge in [-0.2, -0.15) is 0 Å². The zero-order valence-corrected chi connectivity index (χ0v) is 13.4. The maximum atomic E-state index is 12.6. The van der Waals surface area contributed by atoms with Crippen LogP contribution in [0.2, 0.25) is 0 Å². The molecule has 3 N–H and O–H groups in total. The summed E-state index contributed by atoms with van der Waals surface area (Å²) in [5.41, 5.74) is 7.25. The molecule has 0 aromatic heterocycles. The van der Waals surface area contributed by atoms with Crippen molar-refractivity contribution in [2.75, 3.05) is 13.2 Å². The minimum Gasteiger partial charge on any atom is -0.378 e. The van der Waals surface area contributed by atoms with Gasteiger partial charge in [-0.05, 0) is 37.0 Å². The lowest BCUT2D eigenvalue weighted by molar-refractivity contribution is 0.107. The number of rotatable bonds is 6. The van der Waals surface area contributed by atoms with Crippen LogP contribution >= 0.6 is 0 Å². The van der Waals surface area contributed by atoms with E-state index in [1.807, 2.05) is 26.0 Å². The van der Waals surface area contributed by atoms with Crippen molar-refractivity contribution < 1.29 is 13.2 Å². The molecular weight excluding hydrogens is 288 g/mol. The first-order valence-electron chi connectivity index (χ1n) is 7.41. The van der Waals surface area contributed by atoms with Gasteiger partial charge in [0.15, 0.2) is 0 Å². The smallest absolute Gasteiger partial charge is 0.240 e. The largest absolute Gasteiger partial charge is 0.378 e. The summed E-state index contributed by atoms with van der Waals surface area (Å²) >= 11 is 0. The van der Waals surface area contributed by atoms with Gasteiger partial charge in [0.05, 0.1) is 11.0 Å². The molecule has 1 heterocycles. The number of hydrogen-bond acceptors (Lipinski definition) is 4. The lowest BCUT2D eigenvalue weighted by atomic mass is 10.0. The lowest BCUT2D eigenvalue weighted by Gasteiger charge is -2.16. The van der Waals surface area contributed by atoms with Crippen molar-refractivity contribution in [3.63, 3.8) is 0 Å². The van der Waals surface area contributed by atoms with Crippen molar-refractivity contribution in [3.8, 4) is 0 Å². The SMILES string of the molecule is CCc1ccc(CN)cc1S(=O)(=O)NCC1CCOC1C. The standard InChI is InChI=1S/C15H24N2O3S/c1-3-13-5-4-12(9-16)8-15(13)21(18,19)17-10-14-6-7-20-11(14)2/h4-5,8,11,14,17H,3,6-7,9-10,16H2,1-2H3. The summed E-state index contributed by atoms with van der Waals surface area (Å²) in [6.07, 6.45) is 1.67. The summed E-state index contributed by atoms with van der Waals surface area (Å²) in [4.78, 5) is 0.347. The predicted molar refractivity (Wildman–Crippen MR) is 82.4 cm³/mol. The molecule has 0 saturated carbocycles. The molecule has 5 nitrogen and oxygen atoms in total. The third-order valence-electron chi connectivity index (χ3n) is 4.11. The molecule has 118 valence electrons. The topological polar surface area (TPSA) is 81.4 Å². The molecule has 1 aromatic rings. The number of hydrogen-bond donors (Lipinski definition) is 2. The molecule has 1 aliphatic heterocycles. The quantitative estimate of drug-likeness (QED) is 0.832. The number of aryl methyl sites for hydroxylation is 1. The number of nitrogens with one attached hydrogen (secondary N) is 1. The van der Waals surface area contributed by atoms with E-state index in [0.717, 1.165) is 17.5 Å². The van der Waals surface area contributed by atoms with E-state index < -0.39 is 10.0 Å². The average Bonchev–Trinajstić information content (AvgIpc) is 2.90. The van der Waals surface area contributed by atoms with Gasteiger partial charge in [0, 0.05) is 25.6 Å². The first-order valence-corrected chi connectivity index (χ1v) is 8.89. The third kappa shape index (κ3) is 3.83. The van der Waals surface area contributed by atoms with E-state index in [1.165, 1.54) is 0 Å². The van der Waals surface area contributed by atoms with Gasteiger partial charge in [-0.3, -0.25) is 0 Å². The molecule has 2 atom stereocenters. The van der Waals surface area contributed by atoms with Crippen LogP contribution in [0, 0.1) is 5.92 Å². The van der Waals surface area contributed by atoms with Crippen molar-refractivity contribution in [1.29, 1.82) is 0 Å². The monoisotopic (exact) mass is 312 g/mol. The summed E-state index contributed by atoms with van der Waals surface area (Å²) in [5.74, 6) is 0.238. The Hall–Kier alpha value is -0.950. The molecule has 0 radical (unpaired) electrons. The van der Waals surface area contributed by atoms with E-state index in [-0.39, 0.29) is 12.0 Å². The van der Waals surface area contributed by atoms with Crippen LogP contribution in [0.25, 0.3) is 0 Å². The Kier molecular flexibility index (Phi) is 5.37. The van der Waals surface area contributed by atoms with Gasteiger partial charge < -0.3 is 10.5 Å². The van der Waals surface area contributed by atoms with Crippen molar-refractivity contribution in [1.82, 2.24) is 4.72 Å². The van der Waals surface area contributed by atoms with Gasteiger partial charge in [0.1, 0.15) is 0 Å². The van der Waals surface area contributed by atoms with E-state index in [4.69, 9.17) is 10.5 Å². The van der Waals surface area contributed by atoms with Crippen molar-refractivity contribution >= 4 is 10.0 Å². The lowest BCUT2D eigenvalue weighted by Crippen LogP contribution is -2.32. The molecule has 21 heavy (non-hydrogen) atoms. The van der Waals surface area contributed by atoms with Gasteiger partial charge in [-0.1, -0.05) is 19.1 Å². The molecule has 0 aliphatic carbocycles. The first-order chi connectivity index (χ1) is 9.97. The van der Waals surface area contributed by atoms with E-state index >= 15 is 0 Å². The van der Waals surface area contributed by atoms with Crippen LogP contribution in [0.5, 0.6) is 0 Å². The van der Waals surface area contributed by atoms with Crippen LogP contribution in [0.1, 0.15) is 31.4 Å². The maximum Gasteiger partial charge on any atom is 0.240 e. The van der Waals surface area contributed by atoms with Crippen LogP contribution in [0.4, 0.5) is 0 Å². The molecule has 1 aromatic carbocycles. The van der Waals surface area contributed by atoms with E-state index in [2.05, 4.69) is 4.72 Å². The van der Waals surface area contributed by atoms with Gasteiger partial charge in [0.25, 0.3) is 0 Å². The summed E-state index contributed by atoms with van der Waals surface area (Å²) in [6, 6.07) is 5.40. The number of benzene rings is 1. The van der Waals surface area contributed by atoms with E-state index in [0.29, 0.717) is 31.0 Å². The predicted octanol–water partition coefficient (Wildman–Crippen LogP) is 1.41. The fourth-order valence-electron chi connectivity index (χ4n) is 2.61. The minimum absolute atomic E-state index is 0.105. The molecule has 0 spiro atoms. The van der Waals surface area contributed by atoms with E-state index in [9.17, 15) is 8.42 Å². The van der Waals surface area contributed by atoms with Gasteiger partial charge in [-0.15, -0.1) is 0 Å². The third-order valence-corrected chi connectivity index (χ3v) is 5.61. The highest BCUT2D eigenvalue weighted by molar-refractivity contribution is 7.89. The highest BCUT2D eigenvalue weighted by Crippen LogP contribution is 2.22. The Balaban J connectivity index is 2.18. The van der Waals surface area contributed by atoms with Crippen LogP contribution in [0.3, 0.4) is 0 Å². The highest BCUT2D eigenvalue weighted by Gasteiger charge is 2.26. The minimum atomic E-state index is -3.51. The molecule has 2 unspecified atom stereocenters. The number of nitrogens with two attached hydrogens (primary N) is 1. The fourth-order valence-corrected chi connectivity index (χ4v) is 4.06. The highest BCUT2D eigenvalue weighted by atomic mass is 32.2. The van der Waals surface area contributed by atoms with Crippen LogP contribution in [0.15, 0.2) is 23.1 Å². The second-order valence-electron chi connectivity index (χ2n) is 5.48. The summed E-state index contributed by atoms with van der Waals surface area (Å²) in [6.45, 7) is 5.39. The summed E-state index contributed by atoms with van der Waals surface area (Å²) < 4.78 is 33.3. The Bertz CT molecular complexity index is 587. The van der Waals surface area contributed by atoms with Crippen LogP contribution < -0.4 is 10.5 Å². The van der Waals surface area contributed by atoms with Crippen molar-refractivity contribution in [3.05, 3.63) is 29.3 Å². The van der Waals surface area contributed by atoms with Gasteiger partial charge >= 0.3 is 0 Å². The average molecular weight is 312 g/mol. The Morgan fingerprint density at radius 2 is 2.19 bits per heavy atom. The number of ether oxygens (including phenoxy) is 1. The van der Waals surface area contributed by atoms with Crippen LogP contribution in [-0.2, 0) is 27.7 Å². The summed E-state index contributed by atoms with van der Waals surface area (Å²) in [7, 11) is -3.51. The van der Waals surface area contributed by atoms with E-state index in [1.54, 1.807) is 6.07 Å². The Morgan fingerprint density at radius 3 is 2.76 bits per heavy atom. The Labute approximate surface area is 126 Å². The maximum absolute atomic E-state index is 12.6. The van der Waals surface area contributed by atoms with Crippen molar-refractivity contribution in [2.45, 2.75) is 44.2 Å². The number of sulfonamides is 1. The zero-order chi connectivity index (χ0) is 15.5. The van der Waals surface area contributed by atoms with Crippen molar-refractivity contribution in [2.24, 2.45) is 11.7 Å². The Morgan fingerprint density at radius 1 is 1.43 bits per heavy atom. The van der Waals surface area contributed by atoms with Crippen LogP contribution in [-0.4, -0.2) is 27.7 Å². The molecule has 6 heteroatoms. The van der Waals surface area contributed by atoms with Gasteiger partial charge in [-0.25, -0.2) is 13.1 Å². The molecule has 1 aliphatic rings. The normalized spacial score (nSPS) is 22.6.